The number of likely N-dealkylation sites (N-methyl/N-ethyl adjacent to an activating group) is 1. The zero-order valence-electron chi connectivity index (χ0n) is 10.5. The Morgan fingerprint density at radius 3 is 2.44 bits per heavy atom. The van der Waals surface area contributed by atoms with Gasteiger partial charge in [0, 0.05) is 31.9 Å². The summed E-state index contributed by atoms with van der Waals surface area (Å²) in [6, 6.07) is 6.47. The van der Waals surface area contributed by atoms with Gasteiger partial charge in [0.2, 0.25) is 10.0 Å². The van der Waals surface area contributed by atoms with E-state index < -0.39 is 10.0 Å². The van der Waals surface area contributed by atoms with Gasteiger partial charge in [-0.05, 0) is 24.7 Å². The lowest BCUT2D eigenvalue weighted by Crippen LogP contribution is -2.48. The zero-order valence-corrected chi connectivity index (χ0v) is 11.4. The number of rotatable bonds is 3. The fraction of sp³-hybridized carbons (Fsp3) is 0.500. The highest BCUT2D eigenvalue weighted by Crippen LogP contribution is 2.19. The smallest absolute Gasteiger partial charge is 0.243 e. The third-order valence-corrected chi connectivity index (χ3v) is 5.17. The van der Waals surface area contributed by atoms with Crippen molar-refractivity contribution in [2.45, 2.75) is 11.8 Å². The summed E-state index contributed by atoms with van der Waals surface area (Å²) < 4.78 is 26.3. The lowest BCUT2D eigenvalue weighted by molar-refractivity contribution is 0.196. The van der Waals surface area contributed by atoms with Crippen molar-refractivity contribution >= 4 is 15.7 Å². The SMILES string of the molecule is CCN1CCN(S(=O)(=O)c2cccc(N)c2)CC1. The Kier molecular flexibility index (Phi) is 3.89. The van der Waals surface area contributed by atoms with Crippen LogP contribution in [0.3, 0.4) is 0 Å². The molecule has 1 aliphatic heterocycles. The van der Waals surface area contributed by atoms with Crippen LogP contribution in [0.15, 0.2) is 29.2 Å². The van der Waals surface area contributed by atoms with Gasteiger partial charge in [-0.15, -0.1) is 0 Å². The van der Waals surface area contributed by atoms with Crippen LogP contribution < -0.4 is 5.73 Å². The van der Waals surface area contributed by atoms with E-state index in [4.69, 9.17) is 5.73 Å². The van der Waals surface area contributed by atoms with Crippen LogP contribution in [0.2, 0.25) is 0 Å². The van der Waals surface area contributed by atoms with Gasteiger partial charge >= 0.3 is 0 Å². The molecule has 2 N–H and O–H groups in total. The zero-order chi connectivity index (χ0) is 13.2. The van der Waals surface area contributed by atoms with Crippen LogP contribution in [-0.4, -0.2) is 50.3 Å². The molecule has 1 aromatic rings. The second kappa shape index (κ2) is 5.26. The maximum Gasteiger partial charge on any atom is 0.243 e. The summed E-state index contributed by atoms with van der Waals surface area (Å²) in [5.74, 6) is 0. The summed E-state index contributed by atoms with van der Waals surface area (Å²) in [7, 11) is -3.39. The van der Waals surface area contributed by atoms with Crippen molar-refractivity contribution in [2.75, 3.05) is 38.5 Å². The minimum atomic E-state index is -3.39. The van der Waals surface area contributed by atoms with Gasteiger partial charge in [0.1, 0.15) is 0 Å². The van der Waals surface area contributed by atoms with Crippen LogP contribution in [0.1, 0.15) is 6.92 Å². The van der Waals surface area contributed by atoms with Crippen molar-refractivity contribution in [2.24, 2.45) is 0 Å². The molecular weight excluding hydrogens is 250 g/mol. The van der Waals surface area contributed by atoms with E-state index in [1.807, 2.05) is 0 Å². The number of hydrogen-bond acceptors (Lipinski definition) is 4. The largest absolute Gasteiger partial charge is 0.399 e. The Morgan fingerprint density at radius 1 is 1.22 bits per heavy atom. The molecule has 6 heteroatoms. The average molecular weight is 269 g/mol. The number of nitrogens with zero attached hydrogens (tertiary/aromatic N) is 2. The average Bonchev–Trinajstić information content (AvgIpc) is 2.39. The van der Waals surface area contributed by atoms with Gasteiger partial charge < -0.3 is 10.6 Å². The molecule has 0 unspecified atom stereocenters. The summed E-state index contributed by atoms with van der Waals surface area (Å²) in [6.07, 6.45) is 0. The maximum absolute atomic E-state index is 12.4. The van der Waals surface area contributed by atoms with E-state index in [1.54, 1.807) is 18.2 Å². The molecule has 0 amide bonds. The molecule has 0 aromatic heterocycles. The van der Waals surface area contributed by atoms with Crippen LogP contribution in [0.5, 0.6) is 0 Å². The van der Waals surface area contributed by atoms with E-state index in [-0.39, 0.29) is 4.90 Å². The van der Waals surface area contributed by atoms with Gasteiger partial charge in [-0.3, -0.25) is 0 Å². The minimum absolute atomic E-state index is 0.285. The van der Waals surface area contributed by atoms with Crippen molar-refractivity contribution < 1.29 is 8.42 Å². The van der Waals surface area contributed by atoms with E-state index in [9.17, 15) is 8.42 Å². The number of piperazine rings is 1. The first-order valence-electron chi connectivity index (χ1n) is 6.12. The van der Waals surface area contributed by atoms with Crippen molar-refractivity contribution in [1.82, 2.24) is 9.21 Å². The molecule has 1 aliphatic rings. The summed E-state index contributed by atoms with van der Waals surface area (Å²) in [5, 5.41) is 0. The minimum Gasteiger partial charge on any atom is -0.399 e. The number of nitrogen functional groups attached to an aromatic ring is 1. The molecule has 2 rings (SSSR count). The Balaban J connectivity index is 2.17. The first-order valence-corrected chi connectivity index (χ1v) is 7.56. The molecule has 5 nitrogen and oxygen atoms in total. The van der Waals surface area contributed by atoms with Crippen molar-refractivity contribution in [3.05, 3.63) is 24.3 Å². The molecule has 0 radical (unpaired) electrons. The van der Waals surface area contributed by atoms with E-state index in [2.05, 4.69) is 11.8 Å². The predicted octanol–water partition coefficient (Wildman–Crippen LogP) is 0.595. The van der Waals surface area contributed by atoms with Gasteiger partial charge in [0.05, 0.1) is 4.90 Å². The van der Waals surface area contributed by atoms with Gasteiger partial charge in [-0.1, -0.05) is 13.0 Å². The number of sulfonamides is 1. The molecule has 1 heterocycles. The van der Waals surface area contributed by atoms with Crippen LogP contribution >= 0.6 is 0 Å². The van der Waals surface area contributed by atoms with Crippen LogP contribution in [-0.2, 0) is 10.0 Å². The topological polar surface area (TPSA) is 66.6 Å². The number of anilines is 1. The first-order chi connectivity index (χ1) is 8.54. The van der Waals surface area contributed by atoms with E-state index >= 15 is 0 Å². The van der Waals surface area contributed by atoms with Crippen molar-refractivity contribution in [3.63, 3.8) is 0 Å². The molecule has 1 aromatic carbocycles. The summed E-state index contributed by atoms with van der Waals surface area (Å²) >= 11 is 0. The normalized spacial score (nSPS) is 18.9. The highest BCUT2D eigenvalue weighted by atomic mass is 32.2. The molecule has 0 spiro atoms. The molecule has 0 saturated carbocycles. The molecule has 1 saturated heterocycles. The van der Waals surface area contributed by atoms with Crippen LogP contribution in [0, 0.1) is 0 Å². The Labute approximate surface area is 108 Å². The number of benzene rings is 1. The highest BCUT2D eigenvalue weighted by molar-refractivity contribution is 7.89. The number of hydrogen-bond donors (Lipinski definition) is 1. The third-order valence-electron chi connectivity index (χ3n) is 3.27. The number of nitrogens with two attached hydrogens (primary N) is 1. The van der Waals surface area contributed by atoms with Crippen LogP contribution in [0.4, 0.5) is 5.69 Å². The molecule has 1 fully saturated rings. The first kappa shape index (κ1) is 13.3. The lowest BCUT2D eigenvalue weighted by Gasteiger charge is -2.33. The second-order valence-corrected chi connectivity index (χ2v) is 6.35. The Morgan fingerprint density at radius 2 is 1.89 bits per heavy atom. The highest BCUT2D eigenvalue weighted by Gasteiger charge is 2.27. The monoisotopic (exact) mass is 269 g/mol. The molecular formula is C12H19N3O2S. The molecule has 0 aliphatic carbocycles. The molecule has 18 heavy (non-hydrogen) atoms. The van der Waals surface area contributed by atoms with E-state index in [0.717, 1.165) is 19.6 Å². The van der Waals surface area contributed by atoms with Crippen LogP contribution in [0.25, 0.3) is 0 Å². The quantitative estimate of drug-likeness (QED) is 0.816. The fourth-order valence-corrected chi connectivity index (χ4v) is 3.59. The maximum atomic E-state index is 12.4. The van der Waals surface area contributed by atoms with Gasteiger partial charge in [-0.2, -0.15) is 4.31 Å². The van der Waals surface area contributed by atoms with Gasteiger partial charge in [-0.25, -0.2) is 8.42 Å². The Hall–Kier alpha value is -1.11. The standard InChI is InChI=1S/C12H19N3O2S/c1-2-14-6-8-15(9-7-14)18(16,17)12-5-3-4-11(13)10-12/h3-5,10H,2,6-9,13H2,1H3. The van der Waals surface area contributed by atoms with E-state index in [1.165, 1.54) is 10.4 Å². The third kappa shape index (κ3) is 2.66. The van der Waals surface area contributed by atoms with E-state index in [0.29, 0.717) is 18.8 Å². The molecule has 0 bridgehead atoms. The molecule has 0 atom stereocenters. The van der Waals surface area contributed by atoms with Crippen molar-refractivity contribution in [1.29, 1.82) is 0 Å². The predicted molar refractivity (Wildman–Crippen MR) is 71.7 cm³/mol. The summed E-state index contributed by atoms with van der Waals surface area (Å²) in [5.41, 5.74) is 6.11. The Bertz CT molecular complexity index is 508. The summed E-state index contributed by atoms with van der Waals surface area (Å²) in [4.78, 5) is 2.53. The van der Waals surface area contributed by atoms with Crippen molar-refractivity contribution in [3.8, 4) is 0 Å². The lowest BCUT2D eigenvalue weighted by atomic mass is 10.3. The molecule has 100 valence electrons. The summed E-state index contributed by atoms with van der Waals surface area (Å²) in [6.45, 7) is 5.72. The van der Waals surface area contributed by atoms with Gasteiger partial charge in [0.15, 0.2) is 0 Å². The van der Waals surface area contributed by atoms with Gasteiger partial charge in [0.25, 0.3) is 0 Å². The second-order valence-electron chi connectivity index (χ2n) is 4.41. The fourth-order valence-electron chi connectivity index (χ4n) is 2.11.